The number of imidazole rings is 1. The highest BCUT2D eigenvalue weighted by atomic mass is 19.1. The number of halogens is 1. The summed E-state index contributed by atoms with van der Waals surface area (Å²) in [5.74, 6) is -0.777. The molecule has 12 nitrogen and oxygen atoms in total. The average molecular weight is 605 g/mol. The number of aromatic nitrogens is 6. The molecule has 0 saturated heterocycles. The number of phenolic OH excluding ortho intramolecular Hbond substituents is 1. The summed E-state index contributed by atoms with van der Waals surface area (Å²) in [5.41, 5.74) is 10.8. The smallest absolute Gasteiger partial charge is 0.254 e. The zero-order valence-electron chi connectivity index (χ0n) is 23.6. The molecule has 7 rings (SSSR count). The number of carbonyl (C=O) groups is 2. The lowest BCUT2D eigenvalue weighted by atomic mass is 10.1. The van der Waals surface area contributed by atoms with Crippen LogP contribution in [0.4, 0.5) is 10.2 Å². The van der Waals surface area contributed by atoms with Crippen molar-refractivity contribution in [3.63, 3.8) is 0 Å². The average Bonchev–Trinajstić information content (AvgIpc) is 3.78. The monoisotopic (exact) mass is 604 g/mol. The Morgan fingerprint density at radius 3 is 2.80 bits per heavy atom. The van der Waals surface area contributed by atoms with Crippen molar-refractivity contribution < 1.29 is 24.2 Å². The van der Waals surface area contributed by atoms with Crippen molar-refractivity contribution in [2.45, 2.75) is 25.5 Å². The number of amides is 1. The molecule has 6 aromatic rings. The quantitative estimate of drug-likeness (QED) is 0.198. The number of benzene rings is 2. The molecular formula is C32H25FN8O4. The van der Waals surface area contributed by atoms with E-state index < -0.39 is 23.5 Å². The highest BCUT2D eigenvalue weighted by Crippen LogP contribution is 2.36. The number of rotatable bonds is 7. The molecule has 0 unspecified atom stereocenters. The maximum absolute atomic E-state index is 14.5. The molecule has 224 valence electrons. The Hall–Kier alpha value is -5.95. The predicted octanol–water partition coefficient (Wildman–Crippen LogP) is 3.82. The van der Waals surface area contributed by atoms with E-state index in [2.05, 4.69) is 15.4 Å². The van der Waals surface area contributed by atoms with Crippen LogP contribution in [0.1, 0.15) is 49.9 Å². The van der Waals surface area contributed by atoms with Gasteiger partial charge in [-0.1, -0.05) is 6.07 Å². The van der Waals surface area contributed by atoms with E-state index in [1.54, 1.807) is 35.4 Å². The summed E-state index contributed by atoms with van der Waals surface area (Å²) in [5, 5.41) is 26.4. The highest BCUT2D eigenvalue weighted by Gasteiger charge is 2.27. The Morgan fingerprint density at radius 1 is 1.16 bits per heavy atom. The lowest BCUT2D eigenvalue weighted by Gasteiger charge is -2.16. The van der Waals surface area contributed by atoms with E-state index in [9.17, 15) is 24.2 Å². The summed E-state index contributed by atoms with van der Waals surface area (Å²) in [6, 6.07) is 14.4. The number of nitrogens with one attached hydrogen (secondary N) is 1. The van der Waals surface area contributed by atoms with E-state index in [4.69, 9.17) is 15.7 Å². The predicted molar refractivity (Wildman–Crippen MR) is 162 cm³/mol. The number of hydrogen-bond donors (Lipinski definition) is 4. The number of aliphatic hydroxyl groups excluding tert-OH is 1. The zero-order valence-corrected chi connectivity index (χ0v) is 23.6. The van der Waals surface area contributed by atoms with Crippen LogP contribution in [0.15, 0.2) is 73.2 Å². The van der Waals surface area contributed by atoms with Crippen molar-refractivity contribution in [1.29, 1.82) is 0 Å². The fraction of sp³-hybridized carbons (Fsp3) is 0.125. The van der Waals surface area contributed by atoms with Crippen molar-refractivity contribution in [1.82, 2.24) is 34.6 Å². The van der Waals surface area contributed by atoms with E-state index in [0.717, 1.165) is 28.9 Å². The van der Waals surface area contributed by atoms with Crippen LogP contribution in [-0.4, -0.2) is 51.7 Å². The first kappa shape index (κ1) is 27.9. The fourth-order valence-corrected chi connectivity index (χ4v) is 5.65. The van der Waals surface area contributed by atoms with Gasteiger partial charge in [0, 0.05) is 29.7 Å². The topological polar surface area (TPSA) is 174 Å². The molecule has 0 fully saturated rings. The molecular weight excluding hydrogens is 579 g/mol. The highest BCUT2D eigenvalue weighted by molar-refractivity contribution is 5.97. The summed E-state index contributed by atoms with van der Waals surface area (Å²) in [7, 11) is 0. The minimum Gasteiger partial charge on any atom is -0.507 e. The first-order chi connectivity index (χ1) is 21.8. The molecule has 4 heterocycles. The van der Waals surface area contributed by atoms with Crippen LogP contribution in [0, 0.1) is 5.82 Å². The molecule has 1 aliphatic rings. The largest absolute Gasteiger partial charge is 0.507 e. The number of nitrogens with zero attached hydrogens (tertiary/aromatic N) is 6. The van der Waals surface area contributed by atoms with Crippen molar-refractivity contribution in [3.8, 4) is 28.6 Å². The molecule has 5 N–H and O–H groups in total. The minimum absolute atomic E-state index is 0.148. The van der Waals surface area contributed by atoms with Gasteiger partial charge in [-0.15, -0.1) is 0 Å². The van der Waals surface area contributed by atoms with Gasteiger partial charge in [0.25, 0.3) is 5.91 Å². The molecule has 45 heavy (non-hydrogen) atoms. The number of nitrogens with two attached hydrogens (primary N) is 1. The van der Waals surface area contributed by atoms with Crippen LogP contribution in [0.3, 0.4) is 0 Å². The second kappa shape index (κ2) is 11.0. The normalized spacial score (nSPS) is 14.0. The maximum Gasteiger partial charge on any atom is 0.254 e. The second-order valence-corrected chi connectivity index (χ2v) is 10.6. The number of hydrogen-bond acceptors (Lipinski definition) is 9. The second-order valence-electron chi connectivity index (χ2n) is 10.6. The van der Waals surface area contributed by atoms with Gasteiger partial charge in [0.2, 0.25) is 0 Å². The van der Waals surface area contributed by atoms with Gasteiger partial charge in [0.1, 0.15) is 22.9 Å². The molecule has 0 radical (unpaired) electrons. The Bertz CT molecular complexity index is 2140. The lowest BCUT2D eigenvalue weighted by molar-refractivity contribution is 0.0932. The first-order valence-corrected chi connectivity index (χ1v) is 14.0. The first-order valence-electron chi connectivity index (χ1n) is 14.0. The molecule has 0 spiro atoms. The maximum atomic E-state index is 14.5. The van der Waals surface area contributed by atoms with Gasteiger partial charge >= 0.3 is 0 Å². The molecule has 0 bridgehead atoms. The minimum atomic E-state index is -0.923. The van der Waals surface area contributed by atoms with E-state index in [1.807, 2.05) is 34.9 Å². The molecule has 0 aliphatic heterocycles. The molecule has 1 aliphatic carbocycles. The van der Waals surface area contributed by atoms with Crippen LogP contribution in [0.25, 0.3) is 34.1 Å². The van der Waals surface area contributed by atoms with Crippen molar-refractivity contribution in [3.05, 3.63) is 107 Å². The third-order valence-electron chi connectivity index (χ3n) is 7.88. The van der Waals surface area contributed by atoms with Crippen LogP contribution in [0.5, 0.6) is 5.75 Å². The zero-order chi connectivity index (χ0) is 31.2. The van der Waals surface area contributed by atoms with E-state index in [0.29, 0.717) is 58.9 Å². The Kier molecular flexibility index (Phi) is 6.78. The third-order valence-corrected chi connectivity index (χ3v) is 7.88. The van der Waals surface area contributed by atoms with E-state index >= 15 is 0 Å². The molecule has 4 aromatic heterocycles. The Balaban J connectivity index is 1.29. The van der Waals surface area contributed by atoms with Crippen LogP contribution in [0.2, 0.25) is 0 Å². The lowest BCUT2D eigenvalue weighted by Crippen LogP contribution is -2.28. The number of aliphatic hydroxyl groups is 1. The molecule has 2 aromatic carbocycles. The van der Waals surface area contributed by atoms with Gasteiger partial charge in [-0.3, -0.25) is 14.2 Å². The van der Waals surface area contributed by atoms with E-state index in [1.165, 1.54) is 0 Å². The number of aromatic hydroxyl groups is 1. The summed E-state index contributed by atoms with van der Waals surface area (Å²) >= 11 is 0. The van der Waals surface area contributed by atoms with E-state index in [-0.39, 0.29) is 17.7 Å². The summed E-state index contributed by atoms with van der Waals surface area (Å²) in [6.07, 6.45) is 6.45. The Labute approximate surface area is 254 Å². The van der Waals surface area contributed by atoms with Crippen molar-refractivity contribution in [2.75, 3.05) is 5.73 Å². The standard InChI is InChI=1S/C32H25FN8O4/c33-24-12-27(44)19(16-43)11-23(24)32(45)38-25-6-3-18-10-20(4-5-21(18)25)41-30(22-2-1-9-35-29(22)34)37-26-7-8-28(39-31(26)41)40-14-17(15-42)13-36-40/h1-2,4-5,7-14,16,25,42,44H,3,6,15H2,(H2,34,35)(H,38,45)/t25-/m0/s1. The molecule has 1 amide bonds. The molecule has 0 saturated carbocycles. The number of aryl methyl sites for hydroxylation is 1. The van der Waals surface area contributed by atoms with Gasteiger partial charge in [0.05, 0.1) is 35.5 Å². The van der Waals surface area contributed by atoms with Gasteiger partial charge in [-0.05, 0) is 66.4 Å². The molecule has 1 atom stereocenters. The van der Waals surface area contributed by atoms with Crippen LogP contribution in [-0.2, 0) is 13.0 Å². The van der Waals surface area contributed by atoms with Gasteiger partial charge < -0.3 is 21.3 Å². The van der Waals surface area contributed by atoms with Crippen molar-refractivity contribution >= 4 is 29.2 Å². The van der Waals surface area contributed by atoms with Crippen LogP contribution >= 0.6 is 0 Å². The molecule has 13 heteroatoms. The van der Waals surface area contributed by atoms with Gasteiger partial charge in [0.15, 0.2) is 23.6 Å². The number of fused-ring (bicyclic) bond motifs is 2. The Morgan fingerprint density at radius 2 is 2.02 bits per heavy atom. The fourth-order valence-electron chi connectivity index (χ4n) is 5.65. The number of aldehydes is 1. The summed E-state index contributed by atoms with van der Waals surface area (Å²) < 4.78 is 18.0. The number of carbonyl (C=O) groups excluding carboxylic acids is 2. The SMILES string of the molecule is Nc1ncccc1-c1nc2ccc(-n3cc(CO)cn3)nc2n1-c1ccc2c(c1)CC[C@@H]2NC(=O)c1cc(C=O)c(O)cc1F. The van der Waals surface area contributed by atoms with Crippen molar-refractivity contribution in [2.24, 2.45) is 0 Å². The number of phenols is 1. The third kappa shape index (κ3) is 4.84. The summed E-state index contributed by atoms with van der Waals surface area (Å²) in [4.78, 5) is 38.2. The van der Waals surface area contributed by atoms with Gasteiger partial charge in [-0.2, -0.15) is 5.10 Å². The summed E-state index contributed by atoms with van der Waals surface area (Å²) in [6.45, 7) is -0.148. The van der Waals surface area contributed by atoms with Crippen LogP contribution < -0.4 is 11.1 Å². The number of anilines is 1. The number of pyridine rings is 2. The number of nitrogen functional groups attached to an aromatic ring is 1. The van der Waals surface area contributed by atoms with Gasteiger partial charge in [-0.25, -0.2) is 24.0 Å².